The first-order valence-electron chi connectivity index (χ1n) is 19.2. The molecule has 0 aliphatic carbocycles. The predicted molar refractivity (Wildman–Crippen MR) is 184 cm³/mol. The van der Waals surface area contributed by atoms with E-state index in [0.717, 1.165) is 25.7 Å². The van der Waals surface area contributed by atoms with Gasteiger partial charge in [0, 0.05) is 12.8 Å². The summed E-state index contributed by atoms with van der Waals surface area (Å²) in [5, 5.41) is 0. The fourth-order valence-corrected chi connectivity index (χ4v) is 5.81. The van der Waals surface area contributed by atoms with E-state index in [4.69, 9.17) is 15.2 Å². The average Bonchev–Trinajstić information content (AvgIpc) is 3.00. The summed E-state index contributed by atoms with van der Waals surface area (Å²) in [5.74, 6) is -0.630. The third-order valence-electron chi connectivity index (χ3n) is 8.69. The minimum Gasteiger partial charge on any atom is -0.424 e. The molecule has 2 N–H and O–H groups in total. The van der Waals surface area contributed by atoms with Gasteiger partial charge in [0.1, 0.15) is 0 Å². The molecule has 0 rings (SSSR count). The number of ether oxygens (including phenoxy) is 2. The Balaban J connectivity index is 3.50. The quantitative estimate of drug-likeness (QED) is 0.0439. The largest absolute Gasteiger partial charge is 0.424 e. The van der Waals surface area contributed by atoms with Gasteiger partial charge in [0.25, 0.3) is 6.29 Å². The minimum atomic E-state index is -0.951. The highest BCUT2D eigenvalue weighted by molar-refractivity contribution is 5.71. The number of carbonyl (C=O) groups excluding carboxylic acids is 2. The minimum absolute atomic E-state index is 0.00912. The smallest absolute Gasteiger partial charge is 0.308 e. The van der Waals surface area contributed by atoms with Crippen LogP contribution in [-0.4, -0.2) is 24.8 Å². The van der Waals surface area contributed by atoms with E-state index in [1.807, 2.05) is 0 Å². The third-order valence-corrected chi connectivity index (χ3v) is 8.69. The van der Waals surface area contributed by atoms with E-state index in [9.17, 15) is 9.59 Å². The topological polar surface area (TPSA) is 78.6 Å². The van der Waals surface area contributed by atoms with Crippen LogP contribution in [-0.2, 0) is 19.1 Å². The van der Waals surface area contributed by atoms with Gasteiger partial charge in [-0.2, -0.15) is 0 Å². The second kappa shape index (κ2) is 35.4. The van der Waals surface area contributed by atoms with E-state index >= 15 is 0 Å². The summed E-state index contributed by atoms with van der Waals surface area (Å²) in [6.45, 7) is 4.55. The van der Waals surface area contributed by atoms with Gasteiger partial charge in [-0.15, -0.1) is 0 Å². The summed E-state index contributed by atoms with van der Waals surface area (Å²) in [7, 11) is 0. The van der Waals surface area contributed by atoms with Gasteiger partial charge in [0.05, 0.1) is 6.54 Å². The molecule has 0 aromatic rings. The van der Waals surface area contributed by atoms with Crippen molar-refractivity contribution in [1.82, 2.24) is 0 Å². The van der Waals surface area contributed by atoms with E-state index in [-0.39, 0.29) is 18.5 Å². The molecule has 0 saturated carbocycles. The molecule has 5 heteroatoms. The van der Waals surface area contributed by atoms with Gasteiger partial charge in [-0.25, -0.2) is 0 Å². The highest BCUT2D eigenvalue weighted by atomic mass is 16.7. The monoisotopic (exact) mass is 610 g/mol. The van der Waals surface area contributed by atoms with Crippen LogP contribution in [0.1, 0.15) is 219 Å². The van der Waals surface area contributed by atoms with E-state index < -0.39 is 6.29 Å². The molecule has 0 aliphatic heterocycles. The van der Waals surface area contributed by atoms with Gasteiger partial charge in [0.15, 0.2) is 0 Å². The molecule has 43 heavy (non-hydrogen) atoms. The summed E-state index contributed by atoms with van der Waals surface area (Å²) >= 11 is 0. The molecule has 0 fully saturated rings. The summed E-state index contributed by atoms with van der Waals surface area (Å²) in [5.41, 5.74) is 5.69. The van der Waals surface area contributed by atoms with Crippen molar-refractivity contribution in [2.24, 2.45) is 5.73 Å². The van der Waals surface area contributed by atoms with Crippen molar-refractivity contribution in [3.05, 3.63) is 0 Å². The second-order valence-electron chi connectivity index (χ2n) is 13.0. The Kier molecular flexibility index (Phi) is 34.5. The molecule has 0 heterocycles. The lowest BCUT2D eigenvalue weighted by Gasteiger charge is -2.16. The van der Waals surface area contributed by atoms with Crippen molar-refractivity contribution < 1.29 is 19.1 Å². The number of rotatable bonds is 35. The SMILES string of the molecule is CCCCCCCCCCCCCCCCCC(=O)OC(CN)OC(=O)CCCCCCCCCCCCCCCCC. The maximum absolute atomic E-state index is 12.2. The van der Waals surface area contributed by atoms with Gasteiger partial charge >= 0.3 is 11.9 Å². The highest BCUT2D eigenvalue weighted by Crippen LogP contribution is 2.16. The summed E-state index contributed by atoms with van der Waals surface area (Å²) in [4.78, 5) is 24.3. The predicted octanol–water partition coefficient (Wildman–Crippen LogP) is 11.9. The van der Waals surface area contributed by atoms with Crippen molar-refractivity contribution in [3.8, 4) is 0 Å². The van der Waals surface area contributed by atoms with Gasteiger partial charge in [-0.1, -0.05) is 194 Å². The molecule has 256 valence electrons. The molecule has 0 radical (unpaired) electrons. The van der Waals surface area contributed by atoms with Crippen LogP contribution in [0.2, 0.25) is 0 Å². The highest BCUT2D eigenvalue weighted by Gasteiger charge is 2.17. The molecule has 0 atom stereocenters. The van der Waals surface area contributed by atoms with Crippen LogP contribution in [0.15, 0.2) is 0 Å². The van der Waals surface area contributed by atoms with Gasteiger partial charge < -0.3 is 15.2 Å². The van der Waals surface area contributed by atoms with Crippen molar-refractivity contribution in [2.45, 2.75) is 226 Å². The zero-order valence-corrected chi connectivity index (χ0v) is 29.1. The zero-order chi connectivity index (χ0) is 31.5. The Hall–Kier alpha value is -1.10. The molecule has 0 unspecified atom stereocenters. The first kappa shape index (κ1) is 41.9. The average molecular weight is 610 g/mol. The van der Waals surface area contributed by atoms with Crippen LogP contribution in [0.3, 0.4) is 0 Å². The van der Waals surface area contributed by atoms with Crippen LogP contribution in [0.4, 0.5) is 0 Å². The molecule has 0 aromatic heterocycles. The normalized spacial score (nSPS) is 11.3. The van der Waals surface area contributed by atoms with Crippen LogP contribution in [0.5, 0.6) is 0 Å². The molecular weight excluding hydrogens is 534 g/mol. The van der Waals surface area contributed by atoms with Crippen molar-refractivity contribution >= 4 is 11.9 Å². The molecule has 0 bridgehead atoms. The molecule has 0 aliphatic rings. The summed E-state index contributed by atoms with van der Waals surface area (Å²) < 4.78 is 10.6. The molecule has 0 amide bonds. The Labute approximate surface area is 268 Å². The van der Waals surface area contributed by atoms with E-state index in [2.05, 4.69) is 13.8 Å². The standard InChI is InChI=1S/C38H75NO4/c1-3-5-7-9-11-13-15-17-19-21-23-25-27-29-31-33-36(40)42-38(35-39)43-37(41)34-32-30-28-26-24-22-20-18-16-14-12-10-8-6-4-2/h38H,3-35,39H2,1-2H3. The lowest BCUT2D eigenvalue weighted by Crippen LogP contribution is -2.31. The van der Waals surface area contributed by atoms with Crippen molar-refractivity contribution in [1.29, 1.82) is 0 Å². The van der Waals surface area contributed by atoms with Crippen LogP contribution >= 0.6 is 0 Å². The lowest BCUT2D eigenvalue weighted by molar-refractivity contribution is -0.186. The summed E-state index contributed by atoms with van der Waals surface area (Å²) in [6.07, 6.45) is 38.6. The fourth-order valence-electron chi connectivity index (χ4n) is 5.81. The van der Waals surface area contributed by atoms with Crippen LogP contribution in [0.25, 0.3) is 0 Å². The zero-order valence-electron chi connectivity index (χ0n) is 29.1. The second-order valence-corrected chi connectivity index (χ2v) is 13.0. The molecule has 5 nitrogen and oxygen atoms in total. The lowest BCUT2D eigenvalue weighted by atomic mass is 10.0. The van der Waals surface area contributed by atoms with Crippen molar-refractivity contribution in [3.63, 3.8) is 0 Å². The molecular formula is C38H75NO4. The molecule has 0 aromatic carbocycles. The Morgan fingerprint density at radius 3 is 0.814 bits per heavy atom. The number of esters is 2. The Morgan fingerprint density at radius 1 is 0.395 bits per heavy atom. The first-order valence-corrected chi connectivity index (χ1v) is 19.2. The van der Waals surface area contributed by atoms with Gasteiger partial charge in [-0.3, -0.25) is 9.59 Å². The maximum Gasteiger partial charge on any atom is 0.308 e. The van der Waals surface area contributed by atoms with Gasteiger partial charge in [0.2, 0.25) is 0 Å². The molecule has 0 spiro atoms. The first-order chi connectivity index (χ1) is 21.1. The maximum atomic E-state index is 12.2. The van der Waals surface area contributed by atoms with E-state index in [0.29, 0.717) is 12.8 Å². The Morgan fingerprint density at radius 2 is 0.605 bits per heavy atom. The summed E-state index contributed by atoms with van der Waals surface area (Å²) in [6, 6.07) is 0. The van der Waals surface area contributed by atoms with Gasteiger partial charge in [-0.05, 0) is 12.8 Å². The number of carbonyl (C=O) groups is 2. The number of hydrogen-bond donors (Lipinski definition) is 1. The fraction of sp³-hybridized carbons (Fsp3) is 0.947. The van der Waals surface area contributed by atoms with Crippen LogP contribution < -0.4 is 5.73 Å². The third kappa shape index (κ3) is 33.6. The van der Waals surface area contributed by atoms with E-state index in [1.165, 1.54) is 167 Å². The van der Waals surface area contributed by atoms with Crippen LogP contribution in [0, 0.1) is 0 Å². The number of nitrogens with two attached hydrogens (primary N) is 1. The number of hydrogen-bond acceptors (Lipinski definition) is 5. The van der Waals surface area contributed by atoms with E-state index in [1.54, 1.807) is 0 Å². The molecule has 0 saturated heterocycles. The Bertz CT molecular complexity index is 534. The van der Waals surface area contributed by atoms with Crippen molar-refractivity contribution in [2.75, 3.05) is 6.54 Å². The number of unbranched alkanes of at least 4 members (excludes halogenated alkanes) is 28.